The summed E-state index contributed by atoms with van der Waals surface area (Å²) in [7, 11) is -3.36. The predicted octanol–water partition coefficient (Wildman–Crippen LogP) is 3.00. The highest BCUT2D eigenvalue weighted by atomic mass is 35.5. The Morgan fingerprint density at radius 3 is 2.67 bits per heavy atom. The van der Waals surface area contributed by atoms with Gasteiger partial charge in [-0.3, -0.25) is 0 Å². The Labute approximate surface area is 115 Å². The van der Waals surface area contributed by atoms with E-state index < -0.39 is 9.84 Å². The van der Waals surface area contributed by atoms with E-state index in [9.17, 15) is 8.42 Å². The van der Waals surface area contributed by atoms with Crippen LogP contribution in [-0.2, 0) is 16.3 Å². The minimum Gasteiger partial charge on any atom is -0.398 e. The Morgan fingerprint density at radius 2 is 2.06 bits per heavy atom. The third-order valence-corrected chi connectivity index (χ3v) is 5.46. The van der Waals surface area contributed by atoms with Gasteiger partial charge < -0.3 is 5.73 Å². The van der Waals surface area contributed by atoms with Crippen molar-refractivity contribution >= 4 is 38.5 Å². The van der Waals surface area contributed by atoms with E-state index in [0.717, 1.165) is 4.88 Å². The summed E-state index contributed by atoms with van der Waals surface area (Å²) >= 11 is 7.30. The monoisotopic (exact) mass is 301 g/mol. The fraction of sp³-hybridized carbons (Fsp3) is 0.167. The molecule has 2 aromatic rings. The van der Waals surface area contributed by atoms with Gasteiger partial charge in [0.05, 0.1) is 16.3 Å². The Hall–Kier alpha value is -1.04. The number of halogens is 1. The first-order valence-electron chi connectivity index (χ1n) is 5.29. The van der Waals surface area contributed by atoms with Gasteiger partial charge in [0.2, 0.25) is 0 Å². The zero-order chi connectivity index (χ0) is 13.2. The fourth-order valence-electron chi connectivity index (χ4n) is 1.60. The van der Waals surface area contributed by atoms with Crippen molar-refractivity contribution in [3.8, 4) is 0 Å². The van der Waals surface area contributed by atoms with E-state index in [-0.39, 0.29) is 16.3 Å². The molecule has 0 saturated heterocycles. The summed E-state index contributed by atoms with van der Waals surface area (Å²) in [4.78, 5) is 1.20. The van der Waals surface area contributed by atoms with Crippen molar-refractivity contribution in [2.24, 2.45) is 0 Å². The molecule has 96 valence electrons. The molecule has 0 fully saturated rings. The molecule has 2 N–H and O–H groups in total. The van der Waals surface area contributed by atoms with Crippen LogP contribution in [0.25, 0.3) is 0 Å². The minimum absolute atomic E-state index is 0.0549. The summed E-state index contributed by atoms with van der Waals surface area (Å²) in [6, 6.07) is 8.28. The van der Waals surface area contributed by atoms with Gasteiger partial charge in [0.15, 0.2) is 9.84 Å². The van der Waals surface area contributed by atoms with Crippen LogP contribution in [0.1, 0.15) is 4.88 Å². The van der Waals surface area contributed by atoms with E-state index in [1.807, 2.05) is 17.5 Å². The lowest BCUT2D eigenvalue weighted by molar-refractivity contribution is 0.596. The number of hydrogen-bond acceptors (Lipinski definition) is 4. The Kier molecular flexibility index (Phi) is 3.94. The summed E-state index contributed by atoms with van der Waals surface area (Å²) in [5, 5.41) is 2.36. The molecule has 0 atom stereocenters. The highest BCUT2D eigenvalue weighted by molar-refractivity contribution is 7.91. The molecule has 0 bridgehead atoms. The highest BCUT2D eigenvalue weighted by Gasteiger charge is 2.17. The first kappa shape index (κ1) is 13.4. The van der Waals surface area contributed by atoms with Crippen LogP contribution in [0, 0.1) is 0 Å². The van der Waals surface area contributed by atoms with E-state index in [2.05, 4.69) is 0 Å². The lowest BCUT2D eigenvalue weighted by atomic mass is 10.3. The SMILES string of the molecule is Nc1cc(Cl)ccc1S(=O)(=O)CCc1cccs1. The number of rotatable bonds is 4. The Morgan fingerprint density at radius 1 is 1.28 bits per heavy atom. The number of hydrogen-bond donors (Lipinski definition) is 1. The van der Waals surface area contributed by atoms with Crippen molar-refractivity contribution in [1.82, 2.24) is 0 Å². The molecule has 1 aromatic carbocycles. The maximum absolute atomic E-state index is 12.1. The topological polar surface area (TPSA) is 60.2 Å². The fourth-order valence-corrected chi connectivity index (χ4v) is 4.02. The normalized spacial score (nSPS) is 11.6. The quantitative estimate of drug-likeness (QED) is 0.883. The molecule has 0 aliphatic heterocycles. The van der Waals surface area contributed by atoms with E-state index in [4.69, 9.17) is 17.3 Å². The molecule has 1 aromatic heterocycles. The van der Waals surface area contributed by atoms with Crippen molar-refractivity contribution < 1.29 is 8.42 Å². The van der Waals surface area contributed by atoms with E-state index in [0.29, 0.717) is 11.4 Å². The molecule has 0 aliphatic rings. The predicted molar refractivity (Wildman–Crippen MR) is 75.9 cm³/mol. The van der Waals surface area contributed by atoms with Crippen LogP contribution in [0.5, 0.6) is 0 Å². The molecular formula is C12H12ClNO2S2. The van der Waals surface area contributed by atoms with Crippen LogP contribution < -0.4 is 5.73 Å². The number of sulfone groups is 1. The maximum Gasteiger partial charge on any atom is 0.180 e. The number of nitrogen functional groups attached to an aromatic ring is 1. The first-order chi connectivity index (χ1) is 8.49. The average Bonchev–Trinajstić information content (AvgIpc) is 2.78. The summed E-state index contributed by atoms with van der Waals surface area (Å²) in [5.74, 6) is 0.0549. The van der Waals surface area contributed by atoms with Gasteiger partial charge in [0.1, 0.15) is 0 Å². The molecular weight excluding hydrogens is 290 g/mol. The van der Waals surface area contributed by atoms with Crippen LogP contribution in [0.3, 0.4) is 0 Å². The largest absolute Gasteiger partial charge is 0.398 e. The zero-order valence-electron chi connectivity index (χ0n) is 9.47. The Bertz CT molecular complexity index is 636. The van der Waals surface area contributed by atoms with Gasteiger partial charge in [-0.25, -0.2) is 8.42 Å². The van der Waals surface area contributed by atoms with Gasteiger partial charge in [-0.2, -0.15) is 0 Å². The van der Waals surface area contributed by atoms with Gasteiger partial charge in [-0.05, 0) is 36.1 Å². The third-order valence-electron chi connectivity index (χ3n) is 2.50. The smallest absolute Gasteiger partial charge is 0.180 e. The lowest BCUT2D eigenvalue weighted by Crippen LogP contribution is -2.11. The molecule has 1 heterocycles. The van der Waals surface area contributed by atoms with Crippen LogP contribution >= 0.6 is 22.9 Å². The van der Waals surface area contributed by atoms with Gasteiger partial charge in [-0.1, -0.05) is 17.7 Å². The maximum atomic E-state index is 12.1. The molecule has 18 heavy (non-hydrogen) atoms. The molecule has 0 saturated carbocycles. The zero-order valence-corrected chi connectivity index (χ0v) is 11.9. The standard InChI is InChI=1S/C12H12ClNO2S2/c13-9-3-4-12(11(14)8-9)18(15,16)7-5-10-2-1-6-17-10/h1-4,6,8H,5,7,14H2. The van der Waals surface area contributed by atoms with Crippen LogP contribution in [0.15, 0.2) is 40.6 Å². The minimum atomic E-state index is -3.36. The van der Waals surface area contributed by atoms with Crippen molar-refractivity contribution in [1.29, 1.82) is 0 Å². The number of aryl methyl sites for hydroxylation is 1. The van der Waals surface area contributed by atoms with E-state index in [1.54, 1.807) is 11.3 Å². The first-order valence-corrected chi connectivity index (χ1v) is 8.20. The van der Waals surface area contributed by atoms with Gasteiger partial charge in [0.25, 0.3) is 0 Å². The molecule has 6 heteroatoms. The molecule has 3 nitrogen and oxygen atoms in total. The summed E-state index contributed by atoms with van der Waals surface area (Å²) < 4.78 is 24.3. The number of nitrogens with two attached hydrogens (primary N) is 1. The molecule has 2 rings (SSSR count). The van der Waals surface area contributed by atoms with Crippen LogP contribution in [0.2, 0.25) is 5.02 Å². The van der Waals surface area contributed by atoms with Crippen LogP contribution in [0.4, 0.5) is 5.69 Å². The number of benzene rings is 1. The summed E-state index contributed by atoms with van der Waals surface area (Å²) in [6.07, 6.45) is 0.502. The lowest BCUT2D eigenvalue weighted by Gasteiger charge is -2.07. The van der Waals surface area contributed by atoms with Gasteiger partial charge >= 0.3 is 0 Å². The third kappa shape index (κ3) is 3.04. The van der Waals surface area contributed by atoms with Crippen molar-refractivity contribution in [3.63, 3.8) is 0 Å². The molecule has 0 radical (unpaired) electrons. The number of anilines is 1. The molecule has 0 spiro atoms. The van der Waals surface area contributed by atoms with Crippen molar-refractivity contribution in [3.05, 3.63) is 45.6 Å². The Balaban J connectivity index is 2.20. The number of thiophene rings is 1. The second-order valence-corrected chi connectivity index (χ2v) is 7.38. The van der Waals surface area contributed by atoms with E-state index in [1.165, 1.54) is 18.2 Å². The molecule has 0 unspecified atom stereocenters. The molecule has 0 amide bonds. The van der Waals surface area contributed by atoms with Crippen LogP contribution in [-0.4, -0.2) is 14.2 Å². The van der Waals surface area contributed by atoms with Crippen molar-refractivity contribution in [2.45, 2.75) is 11.3 Å². The average molecular weight is 302 g/mol. The van der Waals surface area contributed by atoms with Crippen molar-refractivity contribution in [2.75, 3.05) is 11.5 Å². The summed E-state index contributed by atoms with van der Waals surface area (Å²) in [5.41, 5.74) is 5.90. The highest BCUT2D eigenvalue weighted by Crippen LogP contribution is 2.24. The summed E-state index contributed by atoms with van der Waals surface area (Å²) in [6.45, 7) is 0. The second kappa shape index (κ2) is 5.30. The van der Waals surface area contributed by atoms with Gasteiger partial charge in [-0.15, -0.1) is 11.3 Å². The van der Waals surface area contributed by atoms with Gasteiger partial charge in [0, 0.05) is 9.90 Å². The van der Waals surface area contributed by atoms with E-state index >= 15 is 0 Å². The second-order valence-electron chi connectivity index (χ2n) is 3.83. The molecule has 0 aliphatic carbocycles.